The summed E-state index contributed by atoms with van der Waals surface area (Å²) in [7, 11) is 1.68. The second-order valence-corrected chi connectivity index (χ2v) is 8.17. The lowest BCUT2D eigenvalue weighted by Gasteiger charge is -2.33. The Labute approximate surface area is 169 Å². The minimum atomic E-state index is -0.357. The smallest absolute Gasteiger partial charge is 0.332 e. The number of rotatable bonds is 5. The molecule has 1 aliphatic rings. The molecule has 0 aliphatic carbocycles. The van der Waals surface area contributed by atoms with Gasteiger partial charge in [0.2, 0.25) is 5.95 Å². The fraction of sp³-hybridized carbons (Fsp3) is 0.409. The van der Waals surface area contributed by atoms with Gasteiger partial charge in [-0.05, 0) is 24.8 Å². The highest BCUT2D eigenvalue weighted by Gasteiger charge is 2.28. The number of fused-ring (bicyclic) bond motifs is 3. The van der Waals surface area contributed by atoms with Crippen LogP contribution in [0.25, 0.3) is 11.2 Å². The van der Waals surface area contributed by atoms with Crippen LogP contribution in [0.2, 0.25) is 0 Å². The Bertz CT molecular complexity index is 1190. The quantitative estimate of drug-likeness (QED) is 0.623. The van der Waals surface area contributed by atoms with Gasteiger partial charge in [-0.15, -0.1) is 0 Å². The van der Waals surface area contributed by atoms with Gasteiger partial charge in [-0.1, -0.05) is 49.4 Å². The number of benzene rings is 1. The van der Waals surface area contributed by atoms with E-state index in [1.807, 2.05) is 29.7 Å². The van der Waals surface area contributed by atoms with Crippen LogP contribution in [0.3, 0.4) is 0 Å². The van der Waals surface area contributed by atoms with Crippen LogP contribution in [0.15, 0.2) is 52.1 Å². The maximum Gasteiger partial charge on any atom is 0.332 e. The minimum absolute atomic E-state index is 0.217. The van der Waals surface area contributed by atoms with Gasteiger partial charge in [0.25, 0.3) is 5.56 Å². The number of hydrogen-bond donors (Lipinski definition) is 0. The number of hydrogen-bond acceptors (Lipinski definition) is 4. The van der Waals surface area contributed by atoms with Crippen LogP contribution in [-0.2, 0) is 26.6 Å². The highest BCUT2D eigenvalue weighted by atomic mass is 16.2. The van der Waals surface area contributed by atoms with Crippen molar-refractivity contribution in [3.05, 3.63) is 68.9 Å². The first-order chi connectivity index (χ1) is 13.9. The van der Waals surface area contributed by atoms with Crippen molar-refractivity contribution in [3.8, 4) is 0 Å². The molecule has 0 amide bonds. The van der Waals surface area contributed by atoms with Crippen molar-refractivity contribution < 1.29 is 0 Å². The van der Waals surface area contributed by atoms with Gasteiger partial charge in [-0.3, -0.25) is 13.9 Å². The van der Waals surface area contributed by atoms with Crippen molar-refractivity contribution in [2.75, 3.05) is 18.0 Å². The van der Waals surface area contributed by atoms with Gasteiger partial charge in [0, 0.05) is 26.7 Å². The van der Waals surface area contributed by atoms with Crippen molar-refractivity contribution in [1.29, 1.82) is 0 Å². The van der Waals surface area contributed by atoms with Gasteiger partial charge < -0.3 is 9.47 Å². The predicted octanol–water partition coefficient (Wildman–Crippen LogP) is 2.17. The number of aromatic nitrogens is 4. The van der Waals surface area contributed by atoms with E-state index in [1.54, 1.807) is 7.05 Å². The standard InChI is InChI=1S/C22H27N5O2/c1-15(2)12-27-20(28)18-19(24(4)22(27)29)23-21-25(13-16(3)14-26(18)21)11-10-17-8-6-5-7-9-17/h5-9,16H,1,10-14H2,2-4H3/t16-/m0/s1. The zero-order chi connectivity index (χ0) is 20.7. The second kappa shape index (κ2) is 7.39. The summed E-state index contributed by atoms with van der Waals surface area (Å²) in [5.41, 5.74) is 2.34. The van der Waals surface area contributed by atoms with E-state index in [0.29, 0.717) is 23.6 Å². The number of anilines is 1. The molecule has 2 aromatic heterocycles. The molecule has 1 aromatic carbocycles. The lowest BCUT2D eigenvalue weighted by Crippen LogP contribution is -2.41. The van der Waals surface area contributed by atoms with Crippen LogP contribution < -0.4 is 16.1 Å². The maximum absolute atomic E-state index is 13.2. The normalized spacial score (nSPS) is 16.2. The van der Waals surface area contributed by atoms with Gasteiger partial charge in [0.15, 0.2) is 11.2 Å². The molecule has 0 bridgehead atoms. The number of aryl methyl sites for hydroxylation is 1. The first-order valence-corrected chi connectivity index (χ1v) is 10.00. The molecular weight excluding hydrogens is 366 g/mol. The van der Waals surface area contributed by atoms with Crippen LogP contribution in [0, 0.1) is 5.92 Å². The summed E-state index contributed by atoms with van der Waals surface area (Å²) in [5, 5.41) is 0. The third-order valence-corrected chi connectivity index (χ3v) is 5.46. The Morgan fingerprint density at radius 1 is 1.21 bits per heavy atom. The Hall–Kier alpha value is -3.09. The van der Waals surface area contributed by atoms with Crippen LogP contribution in [-0.4, -0.2) is 31.8 Å². The molecule has 0 fully saturated rings. The molecule has 7 nitrogen and oxygen atoms in total. The molecule has 0 radical (unpaired) electrons. The first kappa shape index (κ1) is 19.2. The van der Waals surface area contributed by atoms with Crippen LogP contribution in [0.5, 0.6) is 0 Å². The summed E-state index contributed by atoms with van der Waals surface area (Å²) < 4.78 is 4.73. The summed E-state index contributed by atoms with van der Waals surface area (Å²) >= 11 is 0. The Morgan fingerprint density at radius 2 is 1.93 bits per heavy atom. The Morgan fingerprint density at radius 3 is 2.62 bits per heavy atom. The topological polar surface area (TPSA) is 65.1 Å². The first-order valence-electron chi connectivity index (χ1n) is 10.00. The van der Waals surface area contributed by atoms with Crippen molar-refractivity contribution in [1.82, 2.24) is 18.7 Å². The average molecular weight is 393 g/mol. The van der Waals surface area contributed by atoms with E-state index in [1.165, 1.54) is 14.7 Å². The number of imidazole rings is 1. The molecule has 3 heterocycles. The SMILES string of the molecule is C=C(C)Cn1c(=O)c2c(nc3n2C[C@@H](C)CN3CCc2ccccc2)n(C)c1=O. The number of allylic oxidation sites excluding steroid dienone is 1. The molecule has 0 saturated carbocycles. The fourth-order valence-electron chi connectivity index (χ4n) is 4.11. The molecular formula is C22H27N5O2. The molecule has 4 rings (SSSR count). The zero-order valence-corrected chi connectivity index (χ0v) is 17.3. The third kappa shape index (κ3) is 3.41. The molecule has 3 aromatic rings. The molecule has 0 saturated heterocycles. The summed E-state index contributed by atoms with van der Waals surface area (Å²) in [6, 6.07) is 10.3. The predicted molar refractivity (Wildman–Crippen MR) is 116 cm³/mol. The van der Waals surface area contributed by atoms with Crippen molar-refractivity contribution in [3.63, 3.8) is 0 Å². The van der Waals surface area contributed by atoms with Crippen molar-refractivity contribution in [2.45, 2.75) is 33.4 Å². The van der Waals surface area contributed by atoms with Gasteiger partial charge in [-0.2, -0.15) is 4.98 Å². The lowest BCUT2D eigenvalue weighted by atomic mass is 10.1. The monoisotopic (exact) mass is 393 g/mol. The molecule has 0 spiro atoms. The Kier molecular flexibility index (Phi) is 4.90. The van der Waals surface area contributed by atoms with E-state index >= 15 is 0 Å². The lowest BCUT2D eigenvalue weighted by molar-refractivity contribution is 0.437. The summed E-state index contributed by atoms with van der Waals surface area (Å²) in [4.78, 5) is 32.9. The molecule has 1 aliphatic heterocycles. The minimum Gasteiger partial charge on any atom is -0.342 e. The second-order valence-electron chi connectivity index (χ2n) is 8.17. The molecule has 152 valence electrons. The molecule has 7 heteroatoms. The average Bonchev–Trinajstić information content (AvgIpc) is 3.08. The van der Waals surface area contributed by atoms with Crippen LogP contribution >= 0.6 is 0 Å². The largest absolute Gasteiger partial charge is 0.342 e. The molecule has 1 atom stereocenters. The van der Waals surface area contributed by atoms with E-state index in [4.69, 9.17) is 4.98 Å². The van der Waals surface area contributed by atoms with E-state index in [2.05, 4.69) is 30.5 Å². The van der Waals surface area contributed by atoms with Crippen molar-refractivity contribution in [2.24, 2.45) is 13.0 Å². The van der Waals surface area contributed by atoms with E-state index < -0.39 is 0 Å². The van der Waals surface area contributed by atoms with Crippen LogP contribution in [0.4, 0.5) is 5.95 Å². The highest BCUT2D eigenvalue weighted by Crippen LogP contribution is 2.27. The molecule has 29 heavy (non-hydrogen) atoms. The Balaban J connectivity index is 1.81. The van der Waals surface area contributed by atoms with Gasteiger partial charge in [0.05, 0.1) is 6.54 Å². The van der Waals surface area contributed by atoms with E-state index in [9.17, 15) is 9.59 Å². The number of nitrogens with zero attached hydrogens (tertiary/aromatic N) is 5. The van der Waals surface area contributed by atoms with Crippen molar-refractivity contribution >= 4 is 17.1 Å². The van der Waals surface area contributed by atoms with E-state index in [-0.39, 0.29) is 17.8 Å². The van der Waals surface area contributed by atoms with Gasteiger partial charge >= 0.3 is 5.69 Å². The summed E-state index contributed by atoms with van der Waals surface area (Å²) in [6.45, 7) is 10.5. The highest BCUT2D eigenvalue weighted by molar-refractivity contribution is 5.75. The molecule has 0 N–H and O–H groups in total. The van der Waals surface area contributed by atoms with Crippen LogP contribution in [0.1, 0.15) is 19.4 Å². The zero-order valence-electron chi connectivity index (χ0n) is 17.3. The van der Waals surface area contributed by atoms with Gasteiger partial charge in [-0.25, -0.2) is 4.79 Å². The summed E-state index contributed by atoms with van der Waals surface area (Å²) in [5.74, 6) is 1.15. The maximum atomic E-state index is 13.2. The molecule has 0 unspecified atom stereocenters. The fourth-order valence-corrected chi connectivity index (χ4v) is 4.11. The summed E-state index contributed by atoms with van der Waals surface area (Å²) in [6.07, 6.45) is 0.898. The van der Waals surface area contributed by atoms with Gasteiger partial charge in [0.1, 0.15) is 0 Å². The third-order valence-electron chi connectivity index (χ3n) is 5.46. The van der Waals surface area contributed by atoms with E-state index in [0.717, 1.165) is 31.0 Å².